The smallest absolute Gasteiger partial charge is 0.258 e. The monoisotopic (exact) mass is 349 g/mol. The zero-order valence-electron chi connectivity index (χ0n) is 13.7. The van der Waals surface area contributed by atoms with Crippen molar-refractivity contribution in [3.05, 3.63) is 53.5 Å². The standard InChI is InChI=1S/C18H18F3N3O/c1-11-6-8-24(9-7-11)15-5-2-12(10-22-15)23-18(25)13-3-4-14(19)17(21)16(13)20/h2-5,10-11H,6-9H2,1H3,(H,23,25). The van der Waals surface area contributed by atoms with Crippen molar-refractivity contribution in [1.82, 2.24) is 4.98 Å². The largest absolute Gasteiger partial charge is 0.357 e. The van der Waals surface area contributed by atoms with Crippen LogP contribution >= 0.6 is 0 Å². The Morgan fingerprint density at radius 1 is 1.12 bits per heavy atom. The fourth-order valence-electron chi connectivity index (χ4n) is 2.78. The molecule has 0 radical (unpaired) electrons. The van der Waals surface area contributed by atoms with E-state index < -0.39 is 28.9 Å². The molecule has 0 unspecified atom stereocenters. The van der Waals surface area contributed by atoms with E-state index >= 15 is 0 Å². The minimum absolute atomic E-state index is 0.350. The number of anilines is 2. The Morgan fingerprint density at radius 3 is 2.48 bits per heavy atom. The lowest BCUT2D eigenvalue weighted by molar-refractivity contribution is 0.102. The van der Waals surface area contributed by atoms with Crippen molar-refractivity contribution in [2.45, 2.75) is 19.8 Å². The number of hydrogen-bond donors (Lipinski definition) is 1. The first kappa shape index (κ1) is 17.3. The number of pyridine rings is 1. The van der Waals surface area contributed by atoms with Crippen molar-refractivity contribution < 1.29 is 18.0 Å². The second kappa shape index (κ2) is 7.13. The number of halogens is 3. The van der Waals surface area contributed by atoms with Crippen LogP contribution < -0.4 is 10.2 Å². The number of rotatable bonds is 3. The third-order valence-corrected chi connectivity index (χ3v) is 4.39. The molecular formula is C18H18F3N3O. The number of piperidine rings is 1. The summed E-state index contributed by atoms with van der Waals surface area (Å²) in [5.74, 6) is -3.86. The molecule has 0 saturated carbocycles. The number of amides is 1. The summed E-state index contributed by atoms with van der Waals surface area (Å²) in [4.78, 5) is 18.5. The van der Waals surface area contributed by atoms with Crippen LogP contribution in [0, 0.1) is 23.4 Å². The van der Waals surface area contributed by atoms with Gasteiger partial charge in [-0.3, -0.25) is 4.79 Å². The SMILES string of the molecule is CC1CCN(c2ccc(NC(=O)c3ccc(F)c(F)c3F)cn2)CC1. The molecule has 0 aliphatic carbocycles. The second-order valence-electron chi connectivity index (χ2n) is 6.25. The van der Waals surface area contributed by atoms with Gasteiger partial charge in [0.2, 0.25) is 0 Å². The summed E-state index contributed by atoms with van der Waals surface area (Å²) >= 11 is 0. The van der Waals surface area contributed by atoms with Crippen molar-refractivity contribution in [1.29, 1.82) is 0 Å². The Bertz CT molecular complexity index is 772. The van der Waals surface area contributed by atoms with Crippen LogP contribution in [0.3, 0.4) is 0 Å². The van der Waals surface area contributed by atoms with Gasteiger partial charge in [0.05, 0.1) is 17.4 Å². The van der Waals surface area contributed by atoms with Crippen molar-refractivity contribution >= 4 is 17.4 Å². The highest BCUT2D eigenvalue weighted by Gasteiger charge is 2.20. The molecule has 1 aromatic carbocycles. The summed E-state index contributed by atoms with van der Waals surface area (Å²) in [6, 6.07) is 5.04. The zero-order valence-corrected chi connectivity index (χ0v) is 13.7. The van der Waals surface area contributed by atoms with Gasteiger partial charge in [-0.2, -0.15) is 0 Å². The Balaban J connectivity index is 1.69. The van der Waals surface area contributed by atoms with Crippen LogP contribution in [0.5, 0.6) is 0 Å². The van der Waals surface area contributed by atoms with Gasteiger partial charge in [0.25, 0.3) is 5.91 Å². The van der Waals surface area contributed by atoms with E-state index in [9.17, 15) is 18.0 Å². The number of carbonyl (C=O) groups is 1. The summed E-state index contributed by atoms with van der Waals surface area (Å²) < 4.78 is 39.8. The quantitative estimate of drug-likeness (QED) is 0.853. The van der Waals surface area contributed by atoms with Gasteiger partial charge in [-0.25, -0.2) is 18.2 Å². The van der Waals surface area contributed by atoms with Crippen LogP contribution in [-0.4, -0.2) is 24.0 Å². The molecule has 2 heterocycles. The van der Waals surface area contributed by atoms with E-state index in [-0.39, 0.29) is 0 Å². The van der Waals surface area contributed by atoms with E-state index in [0.717, 1.165) is 37.8 Å². The summed E-state index contributed by atoms with van der Waals surface area (Å²) in [6.45, 7) is 4.08. The molecule has 132 valence electrons. The molecule has 1 amide bonds. The maximum atomic E-state index is 13.7. The van der Waals surface area contributed by atoms with Crippen LogP contribution in [0.2, 0.25) is 0 Å². The fraction of sp³-hybridized carbons (Fsp3) is 0.333. The first-order valence-electron chi connectivity index (χ1n) is 8.11. The Kier molecular flexibility index (Phi) is 4.92. The van der Waals surface area contributed by atoms with Crippen LogP contribution in [0.4, 0.5) is 24.7 Å². The minimum Gasteiger partial charge on any atom is -0.357 e. The second-order valence-corrected chi connectivity index (χ2v) is 6.25. The lowest BCUT2D eigenvalue weighted by atomic mass is 9.99. The first-order chi connectivity index (χ1) is 12.0. The average Bonchev–Trinajstić information content (AvgIpc) is 2.61. The molecule has 1 fully saturated rings. The molecule has 25 heavy (non-hydrogen) atoms. The molecule has 0 spiro atoms. The summed E-state index contributed by atoms with van der Waals surface area (Å²) in [7, 11) is 0. The maximum absolute atomic E-state index is 13.7. The summed E-state index contributed by atoms with van der Waals surface area (Å²) in [5.41, 5.74) is -0.212. The Morgan fingerprint density at radius 2 is 1.84 bits per heavy atom. The topological polar surface area (TPSA) is 45.2 Å². The molecule has 1 aromatic heterocycles. The van der Waals surface area contributed by atoms with Crippen molar-refractivity contribution in [3.8, 4) is 0 Å². The lowest BCUT2D eigenvalue weighted by Crippen LogP contribution is -2.33. The van der Waals surface area contributed by atoms with Gasteiger partial charge in [0, 0.05) is 13.1 Å². The summed E-state index contributed by atoms with van der Waals surface area (Å²) in [6.07, 6.45) is 3.67. The molecule has 2 aromatic rings. The van der Waals surface area contributed by atoms with E-state index in [0.29, 0.717) is 17.7 Å². The van der Waals surface area contributed by atoms with E-state index in [1.54, 1.807) is 12.1 Å². The van der Waals surface area contributed by atoms with Gasteiger partial charge in [0.1, 0.15) is 5.82 Å². The molecular weight excluding hydrogens is 331 g/mol. The van der Waals surface area contributed by atoms with E-state index in [4.69, 9.17) is 0 Å². The van der Waals surface area contributed by atoms with Gasteiger partial charge in [-0.15, -0.1) is 0 Å². The molecule has 1 N–H and O–H groups in total. The number of benzene rings is 1. The first-order valence-corrected chi connectivity index (χ1v) is 8.11. The van der Waals surface area contributed by atoms with E-state index in [1.807, 2.05) is 0 Å². The molecule has 1 saturated heterocycles. The van der Waals surface area contributed by atoms with Gasteiger partial charge >= 0.3 is 0 Å². The number of nitrogens with zero attached hydrogens (tertiary/aromatic N) is 2. The normalized spacial score (nSPS) is 15.3. The van der Waals surface area contributed by atoms with Gasteiger partial charge in [-0.05, 0) is 43.0 Å². The van der Waals surface area contributed by atoms with E-state index in [2.05, 4.69) is 22.1 Å². The highest BCUT2D eigenvalue weighted by atomic mass is 19.2. The number of nitrogens with one attached hydrogen (secondary N) is 1. The van der Waals surface area contributed by atoms with Gasteiger partial charge in [0.15, 0.2) is 17.5 Å². The van der Waals surface area contributed by atoms with Crippen molar-refractivity contribution in [2.75, 3.05) is 23.3 Å². The van der Waals surface area contributed by atoms with Gasteiger partial charge in [-0.1, -0.05) is 6.92 Å². The molecule has 1 aliphatic rings. The Labute approximate surface area is 143 Å². The molecule has 7 heteroatoms. The fourth-order valence-corrected chi connectivity index (χ4v) is 2.78. The highest BCUT2D eigenvalue weighted by molar-refractivity contribution is 6.04. The molecule has 4 nitrogen and oxygen atoms in total. The predicted molar refractivity (Wildman–Crippen MR) is 89.1 cm³/mol. The van der Waals surface area contributed by atoms with Gasteiger partial charge < -0.3 is 10.2 Å². The third-order valence-electron chi connectivity index (χ3n) is 4.39. The average molecular weight is 349 g/mol. The highest BCUT2D eigenvalue weighted by Crippen LogP contribution is 2.22. The molecule has 3 rings (SSSR count). The van der Waals surface area contributed by atoms with Crippen LogP contribution in [0.1, 0.15) is 30.1 Å². The zero-order chi connectivity index (χ0) is 18.0. The van der Waals surface area contributed by atoms with Crippen LogP contribution in [0.25, 0.3) is 0 Å². The molecule has 1 aliphatic heterocycles. The van der Waals surface area contributed by atoms with Crippen LogP contribution in [0.15, 0.2) is 30.5 Å². The molecule has 0 atom stereocenters. The van der Waals surface area contributed by atoms with Crippen molar-refractivity contribution in [2.24, 2.45) is 5.92 Å². The predicted octanol–water partition coefficient (Wildman–Crippen LogP) is 3.99. The van der Waals surface area contributed by atoms with E-state index in [1.165, 1.54) is 6.20 Å². The number of carbonyl (C=O) groups excluding carboxylic acids is 1. The third kappa shape index (κ3) is 3.75. The minimum atomic E-state index is -1.67. The lowest BCUT2D eigenvalue weighted by Gasteiger charge is -2.31. The maximum Gasteiger partial charge on any atom is 0.258 e. The number of hydrogen-bond acceptors (Lipinski definition) is 3. The Hall–Kier alpha value is -2.57. The number of aromatic nitrogens is 1. The van der Waals surface area contributed by atoms with Crippen molar-refractivity contribution in [3.63, 3.8) is 0 Å². The van der Waals surface area contributed by atoms with Crippen LogP contribution in [-0.2, 0) is 0 Å². The molecule has 0 bridgehead atoms. The summed E-state index contributed by atoms with van der Waals surface area (Å²) in [5, 5.41) is 2.43.